The molecular weight excluding hydrogens is 242 g/mol. The molecule has 3 heteroatoms. The van der Waals surface area contributed by atoms with E-state index in [4.69, 9.17) is 4.74 Å². The molecule has 2 rings (SSSR count). The van der Waals surface area contributed by atoms with E-state index < -0.39 is 0 Å². The molecule has 0 aliphatic rings. The number of ether oxygens (including phenoxy) is 1. The summed E-state index contributed by atoms with van der Waals surface area (Å²) in [5.41, 5.74) is 1.22. The van der Waals surface area contributed by atoms with Gasteiger partial charge in [-0.15, -0.1) is 0 Å². The van der Waals surface area contributed by atoms with Gasteiger partial charge in [0.05, 0.1) is 0 Å². The molecule has 0 fully saturated rings. The van der Waals surface area contributed by atoms with Crippen molar-refractivity contribution in [2.24, 2.45) is 0 Å². The van der Waals surface area contributed by atoms with Crippen molar-refractivity contribution in [3.05, 3.63) is 60.2 Å². The summed E-state index contributed by atoms with van der Waals surface area (Å²) < 4.78 is 5.74. The molecule has 18 heavy (non-hydrogen) atoms. The zero-order valence-corrected chi connectivity index (χ0v) is 11.2. The van der Waals surface area contributed by atoms with Crippen LogP contribution >= 0.6 is 12.6 Å². The quantitative estimate of drug-likeness (QED) is 0.799. The highest BCUT2D eigenvalue weighted by atomic mass is 32.1. The van der Waals surface area contributed by atoms with Crippen molar-refractivity contribution >= 4 is 12.6 Å². The molecule has 0 aliphatic heterocycles. The largest absolute Gasteiger partial charge is 0.457 e. The van der Waals surface area contributed by atoms with Crippen LogP contribution in [0.1, 0.15) is 11.6 Å². The molecule has 0 saturated carbocycles. The highest BCUT2D eigenvalue weighted by Crippen LogP contribution is 2.23. The molecule has 0 radical (unpaired) electrons. The Bertz CT molecular complexity index is 466. The zero-order valence-electron chi connectivity index (χ0n) is 10.3. The van der Waals surface area contributed by atoms with Gasteiger partial charge in [-0.2, -0.15) is 12.6 Å². The Morgan fingerprint density at radius 3 is 2.17 bits per heavy atom. The van der Waals surface area contributed by atoms with E-state index in [1.54, 1.807) is 0 Å². The second kappa shape index (κ2) is 6.47. The first-order valence-electron chi connectivity index (χ1n) is 5.94. The molecule has 0 aliphatic carbocycles. The van der Waals surface area contributed by atoms with Crippen molar-refractivity contribution in [2.45, 2.75) is 6.04 Å². The van der Waals surface area contributed by atoms with E-state index in [1.807, 2.05) is 49.5 Å². The Balaban J connectivity index is 2.08. The molecule has 2 aromatic carbocycles. The molecule has 0 heterocycles. The molecule has 0 bridgehead atoms. The third kappa shape index (κ3) is 3.28. The van der Waals surface area contributed by atoms with E-state index in [1.165, 1.54) is 5.56 Å². The summed E-state index contributed by atoms with van der Waals surface area (Å²) in [7, 11) is 1.94. The van der Waals surface area contributed by atoms with E-state index in [-0.39, 0.29) is 6.04 Å². The lowest BCUT2D eigenvalue weighted by Crippen LogP contribution is -2.17. The van der Waals surface area contributed by atoms with Crippen LogP contribution in [0.25, 0.3) is 0 Å². The van der Waals surface area contributed by atoms with Crippen LogP contribution in [0.5, 0.6) is 11.5 Å². The lowest BCUT2D eigenvalue weighted by atomic mass is 10.1. The van der Waals surface area contributed by atoms with E-state index >= 15 is 0 Å². The Kier molecular flexibility index (Phi) is 4.67. The van der Waals surface area contributed by atoms with Crippen molar-refractivity contribution in [3.63, 3.8) is 0 Å². The summed E-state index contributed by atoms with van der Waals surface area (Å²) >= 11 is 4.32. The minimum atomic E-state index is 0.277. The van der Waals surface area contributed by atoms with Gasteiger partial charge in [-0.05, 0) is 36.9 Å². The van der Waals surface area contributed by atoms with Crippen molar-refractivity contribution < 1.29 is 4.74 Å². The Morgan fingerprint density at radius 2 is 1.61 bits per heavy atom. The van der Waals surface area contributed by atoms with Gasteiger partial charge in [-0.1, -0.05) is 30.3 Å². The summed E-state index contributed by atoms with van der Waals surface area (Å²) in [6, 6.07) is 18.1. The second-order valence-corrected chi connectivity index (χ2v) is 4.37. The van der Waals surface area contributed by atoms with E-state index in [9.17, 15) is 0 Å². The predicted molar refractivity (Wildman–Crippen MR) is 78.6 cm³/mol. The van der Waals surface area contributed by atoms with E-state index in [0.29, 0.717) is 0 Å². The monoisotopic (exact) mass is 259 g/mol. The lowest BCUT2D eigenvalue weighted by molar-refractivity contribution is 0.482. The first-order valence-corrected chi connectivity index (χ1v) is 6.57. The highest BCUT2D eigenvalue weighted by molar-refractivity contribution is 7.80. The third-order valence-corrected chi connectivity index (χ3v) is 3.16. The van der Waals surface area contributed by atoms with Crippen molar-refractivity contribution in [1.29, 1.82) is 0 Å². The fraction of sp³-hybridized carbons (Fsp3) is 0.200. The molecule has 1 atom stereocenters. The molecule has 1 unspecified atom stereocenters. The van der Waals surface area contributed by atoms with Gasteiger partial charge >= 0.3 is 0 Å². The fourth-order valence-corrected chi connectivity index (χ4v) is 2.15. The van der Waals surface area contributed by atoms with Crippen molar-refractivity contribution in [3.8, 4) is 11.5 Å². The zero-order chi connectivity index (χ0) is 12.8. The summed E-state index contributed by atoms with van der Waals surface area (Å²) in [5.74, 6) is 2.47. The molecule has 0 aromatic heterocycles. The normalized spacial score (nSPS) is 12.1. The van der Waals surface area contributed by atoms with Crippen LogP contribution in [-0.2, 0) is 0 Å². The number of rotatable bonds is 5. The number of hydrogen-bond donors (Lipinski definition) is 2. The smallest absolute Gasteiger partial charge is 0.127 e. The van der Waals surface area contributed by atoms with E-state index in [0.717, 1.165) is 17.3 Å². The predicted octanol–water partition coefficient (Wildman–Crippen LogP) is 3.67. The standard InChI is InChI=1S/C15H17NOS/c1-16-15(11-18)12-7-9-14(10-8-12)17-13-5-3-2-4-6-13/h2-10,15-16,18H,11H2,1H3. The summed E-state index contributed by atoms with van der Waals surface area (Å²) in [4.78, 5) is 0. The van der Waals surface area contributed by atoms with Crippen LogP contribution in [-0.4, -0.2) is 12.8 Å². The molecule has 1 N–H and O–H groups in total. The first-order chi connectivity index (χ1) is 8.83. The van der Waals surface area contributed by atoms with Gasteiger partial charge in [-0.3, -0.25) is 0 Å². The minimum Gasteiger partial charge on any atom is -0.457 e. The van der Waals surface area contributed by atoms with E-state index in [2.05, 4.69) is 30.1 Å². The summed E-state index contributed by atoms with van der Waals surface area (Å²) in [5, 5.41) is 3.22. The maximum atomic E-state index is 5.74. The number of thiol groups is 1. The SMILES string of the molecule is CNC(CS)c1ccc(Oc2ccccc2)cc1. The van der Waals surface area contributed by atoms with Gasteiger partial charge in [0.15, 0.2) is 0 Å². The summed E-state index contributed by atoms with van der Waals surface area (Å²) in [6.07, 6.45) is 0. The Hall–Kier alpha value is -1.45. The Labute approximate surface area is 113 Å². The van der Waals surface area contributed by atoms with Gasteiger partial charge in [0.25, 0.3) is 0 Å². The fourth-order valence-electron chi connectivity index (χ4n) is 1.76. The molecule has 0 amide bonds. The van der Waals surface area contributed by atoms with Crippen molar-refractivity contribution in [2.75, 3.05) is 12.8 Å². The molecule has 2 nitrogen and oxygen atoms in total. The Morgan fingerprint density at radius 1 is 1.00 bits per heavy atom. The van der Waals surface area contributed by atoms with Crippen LogP contribution in [0, 0.1) is 0 Å². The maximum Gasteiger partial charge on any atom is 0.127 e. The van der Waals surface area contributed by atoms with Crippen LogP contribution in [0.4, 0.5) is 0 Å². The van der Waals surface area contributed by atoms with Crippen LogP contribution in [0.15, 0.2) is 54.6 Å². The highest BCUT2D eigenvalue weighted by Gasteiger charge is 2.06. The average Bonchev–Trinajstić information content (AvgIpc) is 2.43. The maximum absolute atomic E-state index is 5.74. The second-order valence-electron chi connectivity index (χ2n) is 4.01. The number of para-hydroxylation sites is 1. The van der Waals surface area contributed by atoms with Crippen LogP contribution < -0.4 is 10.1 Å². The number of benzene rings is 2. The van der Waals surface area contributed by atoms with Crippen LogP contribution in [0.2, 0.25) is 0 Å². The molecular formula is C15H17NOS. The molecule has 2 aromatic rings. The molecule has 94 valence electrons. The average molecular weight is 259 g/mol. The molecule has 0 saturated heterocycles. The van der Waals surface area contributed by atoms with Gasteiger partial charge < -0.3 is 10.1 Å². The minimum absolute atomic E-state index is 0.277. The number of hydrogen-bond acceptors (Lipinski definition) is 3. The molecule has 0 spiro atoms. The van der Waals surface area contributed by atoms with Gasteiger partial charge in [0, 0.05) is 11.8 Å². The topological polar surface area (TPSA) is 21.3 Å². The van der Waals surface area contributed by atoms with Crippen LogP contribution in [0.3, 0.4) is 0 Å². The van der Waals surface area contributed by atoms with Gasteiger partial charge in [0.2, 0.25) is 0 Å². The number of nitrogens with one attached hydrogen (secondary N) is 1. The first kappa shape index (κ1) is 13.0. The third-order valence-electron chi connectivity index (χ3n) is 2.79. The van der Waals surface area contributed by atoms with Crippen molar-refractivity contribution in [1.82, 2.24) is 5.32 Å². The van der Waals surface area contributed by atoms with Gasteiger partial charge in [-0.25, -0.2) is 0 Å². The summed E-state index contributed by atoms with van der Waals surface area (Å²) in [6.45, 7) is 0. The lowest BCUT2D eigenvalue weighted by Gasteiger charge is -2.14. The van der Waals surface area contributed by atoms with Gasteiger partial charge in [0.1, 0.15) is 11.5 Å².